The van der Waals surface area contributed by atoms with Crippen molar-refractivity contribution in [2.45, 2.75) is 26.9 Å². The van der Waals surface area contributed by atoms with Gasteiger partial charge in [0.1, 0.15) is 11.6 Å². The van der Waals surface area contributed by atoms with Gasteiger partial charge in [-0.15, -0.1) is 10.2 Å². The maximum Gasteiger partial charge on any atom is 0.146 e. The molecule has 6 heteroatoms. The average Bonchev–Trinajstić information content (AvgIpc) is 3.10. The van der Waals surface area contributed by atoms with Gasteiger partial charge in [0.2, 0.25) is 0 Å². The SMILES string of the molecule is Cc1ccc(-c2[nH]ncc2CN(C)Cc2nnc(C)n2C)cc1. The summed E-state index contributed by atoms with van der Waals surface area (Å²) < 4.78 is 2.02. The van der Waals surface area contributed by atoms with Gasteiger partial charge in [0.05, 0.1) is 18.4 Å². The Bertz CT molecular complexity index is 784. The fourth-order valence-electron chi connectivity index (χ4n) is 2.58. The molecular formula is C17H22N6. The summed E-state index contributed by atoms with van der Waals surface area (Å²) in [4.78, 5) is 2.21. The molecule has 0 fully saturated rings. The Hall–Kier alpha value is -2.47. The van der Waals surface area contributed by atoms with E-state index in [9.17, 15) is 0 Å². The third kappa shape index (κ3) is 3.32. The van der Waals surface area contributed by atoms with E-state index in [1.807, 2.05) is 24.7 Å². The highest BCUT2D eigenvalue weighted by Crippen LogP contribution is 2.22. The molecule has 0 radical (unpaired) electrons. The summed E-state index contributed by atoms with van der Waals surface area (Å²) in [6.45, 7) is 5.60. The first kappa shape index (κ1) is 15.4. The predicted octanol–water partition coefficient (Wildman–Crippen LogP) is 2.45. The van der Waals surface area contributed by atoms with Gasteiger partial charge in [0.15, 0.2) is 0 Å². The van der Waals surface area contributed by atoms with E-state index in [0.717, 1.165) is 36.0 Å². The van der Waals surface area contributed by atoms with Gasteiger partial charge in [-0.25, -0.2) is 0 Å². The lowest BCUT2D eigenvalue weighted by Crippen LogP contribution is -2.20. The highest BCUT2D eigenvalue weighted by Gasteiger charge is 2.13. The monoisotopic (exact) mass is 310 g/mol. The van der Waals surface area contributed by atoms with E-state index < -0.39 is 0 Å². The summed E-state index contributed by atoms with van der Waals surface area (Å²) in [5.74, 6) is 1.89. The third-order valence-electron chi connectivity index (χ3n) is 4.09. The summed E-state index contributed by atoms with van der Waals surface area (Å²) >= 11 is 0. The Kier molecular flexibility index (Phi) is 4.25. The van der Waals surface area contributed by atoms with E-state index in [0.29, 0.717) is 0 Å². The van der Waals surface area contributed by atoms with Gasteiger partial charge in [-0.3, -0.25) is 10.00 Å². The van der Waals surface area contributed by atoms with Crippen LogP contribution in [0.15, 0.2) is 30.5 Å². The molecule has 23 heavy (non-hydrogen) atoms. The number of rotatable bonds is 5. The molecular weight excluding hydrogens is 288 g/mol. The molecule has 3 aromatic rings. The molecule has 0 unspecified atom stereocenters. The first-order chi connectivity index (χ1) is 11.0. The molecule has 120 valence electrons. The Morgan fingerprint density at radius 2 is 1.83 bits per heavy atom. The predicted molar refractivity (Wildman–Crippen MR) is 89.7 cm³/mol. The Balaban J connectivity index is 1.74. The highest BCUT2D eigenvalue weighted by molar-refractivity contribution is 5.62. The number of nitrogens with zero attached hydrogens (tertiary/aromatic N) is 5. The van der Waals surface area contributed by atoms with Crippen molar-refractivity contribution in [2.75, 3.05) is 7.05 Å². The average molecular weight is 310 g/mol. The van der Waals surface area contributed by atoms with E-state index in [1.165, 1.54) is 11.1 Å². The Morgan fingerprint density at radius 1 is 1.09 bits per heavy atom. The molecule has 6 nitrogen and oxygen atoms in total. The van der Waals surface area contributed by atoms with Crippen LogP contribution in [0.1, 0.15) is 22.8 Å². The van der Waals surface area contributed by atoms with Crippen molar-refractivity contribution in [2.24, 2.45) is 7.05 Å². The molecule has 0 atom stereocenters. The van der Waals surface area contributed by atoms with Crippen molar-refractivity contribution >= 4 is 0 Å². The van der Waals surface area contributed by atoms with E-state index in [2.05, 4.69) is 63.5 Å². The van der Waals surface area contributed by atoms with Crippen LogP contribution in [0, 0.1) is 13.8 Å². The second-order valence-corrected chi connectivity index (χ2v) is 6.03. The van der Waals surface area contributed by atoms with Crippen LogP contribution >= 0.6 is 0 Å². The normalized spacial score (nSPS) is 11.3. The summed E-state index contributed by atoms with van der Waals surface area (Å²) in [5, 5.41) is 15.7. The zero-order chi connectivity index (χ0) is 16.4. The van der Waals surface area contributed by atoms with Crippen LogP contribution in [0.5, 0.6) is 0 Å². The van der Waals surface area contributed by atoms with Gasteiger partial charge in [0.25, 0.3) is 0 Å². The molecule has 0 aliphatic heterocycles. The molecule has 0 bridgehead atoms. The van der Waals surface area contributed by atoms with Crippen molar-refractivity contribution in [3.05, 3.63) is 53.2 Å². The molecule has 0 saturated carbocycles. The summed E-state index contributed by atoms with van der Waals surface area (Å²) in [5.41, 5.74) is 4.66. The molecule has 0 amide bonds. The molecule has 1 N–H and O–H groups in total. The van der Waals surface area contributed by atoms with E-state index in [1.54, 1.807) is 0 Å². The number of hydrogen-bond donors (Lipinski definition) is 1. The van der Waals surface area contributed by atoms with E-state index in [-0.39, 0.29) is 0 Å². The fraction of sp³-hybridized carbons (Fsp3) is 0.353. The maximum absolute atomic E-state index is 4.22. The minimum atomic E-state index is 0.746. The number of aromatic nitrogens is 5. The summed E-state index contributed by atoms with van der Waals surface area (Å²) in [6, 6.07) is 8.48. The van der Waals surface area contributed by atoms with Crippen LogP contribution < -0.4 is 0 Å². The van der Waals surface area contributed by atoms with Crippen LogP contribution in [-0.4, -0.2) is 36.9 Å². The topological polar surface area (TPSA) is 62.6 Å². The van der Waals surface area contributed by atoms with E-state index in [4.69, 9.17) is 0 Å². The molecule has 2 aromatic heterocycles. The zero-order valence-electron chi connectivity index (χ0n) is 14.0. The largest absolute Gasteiger partial charge is 0.317 e. The van der Waals surface area contributed by atoms with Crippen molar-refractivity contribution in [3.63, 3.8) is 0 Å². The Morgan fingerprint density at radius 3 is 2.48 bits per heavy atom. The fourth-order valence-corrected chi connectivity index (χ4v) is 2.58. The van der Waals surface area contributed by atoms with Gasteiger partial charge in [0, 0.05) is 19.2 Å². The lowest BCUT2D eigenvalue weighted by atomic mass is 10.1. The second-order valence-electron chi connectivity index (χ2n) is 6.03. The van der Waals surface area contributed by atoms with Crippen LogP contribution in [0.4, 0.5) is 0 Å². The van der Waals surface area contributed by atoms with Crippen molar-refractivity contribution < 1.29 is 0 Å². The van der Waals surface area contributed by atoms with Gasteiger partial charge in [-0.2, -0.15) is 5.10 Å². The lowest BCUT2D eigenvalue weighted by molar-refractivity contribution is 0.307. The number of benzene rings is 1. The minimum absolute atomic E-state index is 0.746. The van der Waals surface area contributed by atoms with Crippen LogP contribution in [0.2, 0.25) is 0 Å². The standard InChI is InChI=1S/C17H22N6/c1-12-5-7-14(8-6-12)17-15(9-18-21-17)10-22(3)11-16-20-19-13(2)23(16)4/h5-9H,10-11H2,1-4H3,(H,18,21). The lowest BCUT2D eigenvalue weighted by Gasteiger charge is -2.16. The zero-order valence-corrected chi connectivity index (χ0v) is 14.0. The number of aromatic amines is 1. The first-order valence-corrected chi connectivity index (χ1v) is 7.67. The number of aryl methyl sites for hydroxylation is 2. The molecule has 0 saturated heterocycles. The van der Waals surface area contributed by atoms with Crippen LogP contribution in [0.3, 0.4) is 0 Å². The Labute approximate surface area is 136 Å². The van der Waals surface area contributed by atoms with E-state index >= 15 is 0 Å². The highest BCUT2D eigenvalue weighted by atomic mass is 15.3. The molecule has 1 aromatic carbocycles. The number of hydrogen-bond acceptors (Lipinski definition) is 4. The number of nitrogens with one attached hydrogen (secondary N) is 1. The van der Waals surface area contributed by atoms with Gasteiger partial charge in [-0.1, -0.05) is 29.8 Å². The van der Waals surface area contributed by atoms with Crippen LogP contribution in [0.25, 0.3) is 11.3 Å². The molecule has 0 aliphatic rings. The second kappa shape index (κ2) is 6.34. The minimum Gasteiger partial charge on any atom is -0.317 e. The number of H-pyrrole nitrogens is 1. The third-order valence-corrected chi connectivity index (χ3v) is 4.09. The first-order valence-electron chi connectivity index (χ1n) is 7.67. The van der Waals surface area contributed by atoms with Crippen molar-refractivity contribution in [1.82, 2.24) is 29.9 Å². The van der Waals surface area contributed by atoms with Gasteiger partial charge in [-0.05, 0) is 26.5 Å². The summed E-state index contributed by atoms with van der Waals surface area (Å²) in [7, 11) is 4.07. The smallest absolute Gasteiger partial charge is 0.146 e. The maximum atomic E-state index is 4.22. The summed E-state index contributed by atoms with van der Waals surface area (Å²) in [6.07, 6.45) is 1.90. The van der Waals surface area contributed by atoms with Gasteiger partial charge < -0.3 is 4.57 Å². The molecule has 2 heterocycles. The van der Waals surface area contributed by atoms with Gasteiger partial charge >= 0.3 is 0 Å². The quantitative estimate of drug-likeness (QED) is 0.786. The van der Waals surface area contributed by atoms with Crippen molar-refractivity contribution in [3.8, 4) is 11.3 Å². The van der Waals surface area contributed by atoms with Crippen molar-refractivity contribution in [1.29, 1.82) is 0 Å². The molecule has 0 spiro atoms. The van der Waals surface area contributed by atoms with Crippen LogP contribution in [-0.2, 0) is 20.1 Å². The molecule has 3 rings (SSSR count). The molecule has 0 aliphatic carbocycles.